The number of aromatic amines is 1. The van der Waals surface area contributed by atoms with Crippen molar-refractivity contribution < 1.29 is 0 Å². The molecule has 0 amide bonds. The van der Waals surface area contributed by atoms with Crippen LogP contribution >= 0.6 is 11.5 Å². The second-order valence-corrected chi connectivity index (χ2v) is 7.50. The lowest BCUT2D eigenvalue weighted by Gasteiger charge is -2.21. The zero-order valence-electron chi connectivity index (χ0n) is 13.9. The number of aromatic nitrogens is 4. The van der Waals surface area contributed by atoms with Gasteiger partial charge in [0.2, 0.25) is 5.13 Å². The zero-order valence-corrected chi connectivity index (χ0v) is 14.7. The maximum absolute atomic E-state index is 4.91. The Hall–Kier alpha value is -1.47. The number of H-pyrrole nitrogens is 1. The van der Waals surface area contributed by atoms with Gasteiger partial charge >= 0.3 is 0 Å². The van der Waals surface area contributed by atoms with Gasteiger partial charge in [-0.2, -0.15) is 4.37 Å². The summed E-state index contributed by atoms with van der Waals surface area (Å²) in [7, 11) is 4.02. The van der Waals surface area contributed by atoms with E-state index in [1.165, 1.54) is 48.6 Å². The molecule has 7 heteroatoms. The second kappa shape index (κ2) is 6.20. The molecular formula is C16H24N6S. The van der Waals surface area contributed by atoms with Crippen LogP contribution in [0.5, 0.6) is 0 Å². The lowest BCUT2D eigenvalue weighted by atomic mass is 10.0. The van der Waals surface area contributed by atoms with Gasteiger partial charge in [0, 0.05) is 31.3 Å². The lowest BCUT2D eigenvalue weighted by Crippen LogP contribution is -2.24. The predicted molar refractivity (Wildman–Crippen MR) is 91.9 cm³/mol. The number of hydrogen-bond acceptors (Lipinski definition) is 6. The van der Waals surface area contributed by atoms with Crippen LogP contribution in [-0.2, 0) is 19.4 Å². The highest BCUT2D eigenvalue weighted by molar-refractivity contribution is 7.09. The van der Waals surface area contributed by atoms with Crippen LogP contribution in [0.3, 0.4) is 0 Å². The van der Waals surface area contributed by atoms with Crippen molar-refractivity contribution in [3.8, 4) is 0 Å². The van der Waals surface area contributed by atoms with Gasteiger partial charge in [-0.3, -0.25) is 4.90 Å². The Morgan fingerprint density at radius 3 is 2.87 bits per heavy atom. The highest BCUT2D eigenvalue weighted by Crippen LogP contribution is 2.33. The molecule has 3 heterocycles. The normalized spacial score (nSPS) is 21.6. The van der Waals surface area contributed by atoms with E-state index in [4.69, 9.17) is 4.98 Å². The van der Waals surface area contributed by atoms with E-state index in [0.29, 0.717) is 6.04 Å². The van der Waals surface area contributed by atoms with Crippen molar-refractivity contribution in [2.45, 2.75) is 51.1 Å². The van der Waals surface area contributed by atoms with E-state index >= 15 is 0 Å². The van der Waals surface area contributed by atoms with Gasteiger partial charge in [0.05, 0.1) is 18.3 Å². The molecule has 0 aromatic carbocycles. The molecule has 124 valence electrons. The molecule has 1 saturated heterocycles. The van der Waals surface area contributed by atoms with E-state index < -0.39 is 0 Å². The van der Waals surface area contributed by atoms with Gasteiger partial charge in [-0.25, -0.2) is 9.97 Å². The second-order valence-electron chi connectivity index (χ2n) is 6.77. The van der Waals surface area contributed by atoms with Gasteiger partial charge in [0.1, 0.15) is 5.82 Å². The number of rotatable bonds is 4. The largest absolute Gasteiger partial charge is 0.353 e. The van der Waals surface area contributed by atoms with Gasteiger partial charge < -0.3 is 9.88 Å². The van der Waals surface area contributed by atoms with E-state index in [2.05, 4.69) is 19.2 Å². The number of fused-ring (bicyclic) bond motifs is 1. The number of imidazole rings is 1. The molecule has 2 aromatic rings. The zero-order chi connectivity index (χ0) is 15.8. The van der Waals surface area contributed by atoms with Crippen LogP contribution < -0.4 is 4.90 Å². The first-order valence-corrected chi connectivity index (χ1v) is 9.29. The summed E-state index contributed by atoms with van der Waals surface area (Å²) < 4.78 is 4.51. The quantitative estimate of drug-likeness (QED) is 0.932. The Bertz CT molecular complexity index is 652. The van der Waals surface area contributed by atoms with E-state index in [1.807, 2.05) is 19.0 Å². The maximum atomic E-state index is 4.91. The molecule has 0 spiro atoms. The maximum Gasteiger partial charge on any atom is 0.204 e. The van der Waals surface area contributed by atoms with E-state index in [1.54, 1.807) is 0 Å². The fourth-order valence-corrected chi connectivity index (χ4v) is 4.23. The van der Waals surface area contributed by atoms with Gasteiger partial charge in [-0.15, -0.1) is 0 Å². The minimum atomic E-state index is 0.395. The molecule has 0 unspecified atom stereocenters. The molecule has 6 nitrogen and oxygen atoms in total. The molecule has 0 saturated carbocycles. The van der Waals surface area contributed by atoms with E-state index in [-0.39, 0.29) is 0 Å². The Kier molecular flexibility index (Phi) is 4.07. The summed E-state index contributed by atoms with van der Waals surface area (Å²) >= 11 is 1.47. The Balaban J connectivity index is 1.50. The van der Waals surface area contributed by atoms with Crippen LogP contribution in [0.15, 0.2) is 0 Å². The number of anilines is 1. The summed E-state index contributed by atoms with van der Waals surface area (Å²) in [5.41, 5.74) is 2.68. The molecule has 0 radical (unpaired) electrons. The van der Waals surface area contributed by atoms with Crippen LogP contribution in [0.1, 0.15) is 54.8 Å². The van der Waals surface area contributed by atoms with E-state index in [9.17, 15) is 0 Å². The molecule has 23 heavy (non-hydrogen) atoms. The van der Waals surface area contributed by atoms with Crippen LogP contribution in [-0.4, -0.2) is 44.9 Å². The Labute approximate surface area is 141 Å². The lowest BCUT2D eigenvalue weighted by molar-refractivity contribution is 0.235. The first-order chi connectivity index (χ1) is 11.2. The summed E-state index contributed by atoms with van der Waals surface area (Å²) in [5.74, 6) is 2.10. The average Bonchev–Trinajstić information content (AvgIpc) is 3.25. The fourth-order valence-electron chi connectivity index (χ4n) is 3.63. The first-order valence-electron chi connectivity index (χ1n) is 8.52. The van der Waals surface area contributed by atoms with Crippen LogP contribution in [0, 0.1) is 0 Å². The smallest absolute Gasteiger partial charge is 0.204 e. The first kappa shape index (κ1) is 15.1. The Morgan fingerprint density at radius 2 is 2.09 bits per heavy atom. The molecule has 1 aliphatic heterocycles. The number of hydrogen-bond donors (Lipinski definition) is 1. The highest BCUT2D eigenvalue weighted by Gasteiger charge is 2.30. The van der Waals surface area contributed by atoms with Crippen LogP contribution in [0.4, 0.5) is 5.13 Å². The van der Waals surface area contributed by atoms with Gasteiger partial charge in [-0.05, 0) is 45.1 Å². The van der Waals surface area contributed by atoms with Crippen LogP contribution in [0.2, 0.25) is 0 Å². The standard InChI is InChI=1S/C16H24N6S/c1-21(2)16-19-14(20-23-16)10-22-9-5-8-13(22)15-17-11-6-3-4-7-12(11)18-15/h13H,3-10H2,1-2H3,(H,17,18)/t13-/m1/s1. The molecule has 2 aromatic heterocycles. The van der Waals surface area contributed by atoms with Gasteiger partial charge in [0.25, 0.3) is 0 Å². The SMILES string of the molecule is CN(C)c1nc(CN2CCC[C@@H]2c2nc3c([nH]2)CCCC3)ns1. The monoisotopic (exact) mass is 332 g/mol. The molecule has 1 N–H and O–H groups in total. The minimum absolute atomic E-state index is 0.395. The highest BCUT2D eigenvalue weighted by atomic mass is 32.1. The molecule has 0 bridgehead atoms. The summed E-state index contributed by atoms with van der Waals surface area (Å²) in [6.07, 6.45) is 7.27. The summed E-state index contributed by atoms with van der Waals surface area (Å²) in [5, 5.41) is 0.976. The average molecular weight is 332 g/mol. The van der Waals surface area contributed by atoms with Crippen LogP contribution in [0.25, 0.3) is 0 Å². The topological polar surface area (TPSA) is 60.9 Å². The van der Waals surface area contributed by atoms with Gasteiger partial charge in [0.15, 0.2) is 5.82 Å². The van der Waals surface area contributed by atoms with Gasteiger partial charge in [-0.1, -0.05) is 0 Å². The molecular weight excluding hydrogens is 308 g/mol. The molecule has 1 aliphatic carbocycles. The summed E-state index contributed by atoms with van der Waals surface area (Å²) in [6, 6.07) is 0.395. The third kappa shape index (κ3) is 2.99. The van der Waals surface area contributed by atoms with Crippen molar-refractivity contribution in [3.63, 3.8) is 0 Å². The van der Waals surface area contributed by atoms with Crippen molar-refractivity contribution in [2.75, 3.05) is 25.5 Å². The number of aryl methyl sites for hydroxylation is 2. The van der Waals surface area contributed by atoms with E-state index in [0.717, 1.165) is 42.7 Å². The third-order valence-corrected chi connectivity index (χ3v) is 5.76. The third-order valence-electron chi connectivity index (χ3n) is 4.84. The molecule has 4 rings (SSSR count). The van der Waals surface area contributed by atoms with Crippen molar-refractivity contribution in [3.05, 3.63) is 23.0 Å². The Morgan fingerprint density at radius 1 is 1.22 bits per heavy atom. The van der Waals surface area contributed by atoms with Crippen molar-refractivity contribution >= 4 is 16.7 Å². The minimum Gasteiger partial charge on any atom is -0.353 e. The number of nitrogens with one attached hydrogen (secondary N) is 1. The molecule has 2 aliphatic rings. The van der Waals surface area contributed by atoms with Crippen molar-refractivity contribution in [1.29, 1.82) is 0 Å². The summed E-state index contributed by atoms with van der Waals surface area (Å²) in [6.45, 7) is 1.92. The van der Waals surface area contributed by atoms with Crippen molar-refractivity contribution in [1.82, 2.24) is 24.2 Å². The summed E-state index contributed by atoms with van der Waals surface area (Å²) in [4.78, 5) is 17.7. The molecule has 1 fully saturated rings. The predicted octanol–water partition coefficient (Wildman–Crippen LogP) is 2.54. The van der Waals surface area contributed by atoms with Crippen molar-refractivity contribution in [2.24, 2.45) is 0 Å². The molecule has 1 atom stereocenters. The number of nitrogens with zero attached hydrogens (tertiary/aromatic N) is 5. The fraction of sp³-hybridized carbons (Fsp3) is 0.688. The number of likely N-dealkylation sites (tertiary alicyclic amines) is 1.